The van der Waals surface area contributed by atoms with E-state index in [9.17, 15) is 0 Å². The fraction of sp³-hybridized carbons (Fsp3) is 0. The van der Waals surface area contributed by atoms with Crippen LogP contribution in [0.4, 0.5) is 0 Å². The Morgan fingerprint density at radius 2 is 1.40 bits per heavy atom. The summed E-state index contributed by atoms with van der Waals surface area (Å²) in [5.41, 5.74) is 4.68. The fourth-order valence-electron chi connectivity index (χ4n) is 2.28. The predicted octanol–water partition coefficient (Wildman–Crippen LogP) is 6.44. The molecule has 0 aromatic heterocycles. The molecule has 0 aliphatic heterocycles. The lowest BCUT2D eigenvalue weighted by molar-refractivity contribution is 1.57. The van der Waals surface area contributed by atoms with Gasteiger partial charge in [-0.2, -0.15) is 0 Å². The molecule has 0 bridgehead atoms. The number of benzene rings is 3. The van der Waals surface area contributed by atoms with Crippen molar-refractivity contribution in [3.8, 4) is 22.3 Å². The molecule has 3 aromatic rings. The largest absolute Gasteiger partial charge is 0.0843 e. The minimum Gasteiger partial charge on any atom is -0.0843 e. The molecule has 0 heterocycles. The minimum absolute atomic E-state index is 0.752. The highest BCUT2D eigenvalue weighted by molar-refractivity contribution is 9.10. The van der Waals surface area contributed by atoms with Gasteiger partial charge in [0.25, 0.3) is 0 Å². The molecule has 20 heavy (non-hydrogen) atoms. The van der Waals surface area contributed by atoms with E-state index in [-0.39, 0.29) is 0 Å². The molecule has 0 amide bonds. The summed E-state index contributed by atoms with van der Waals surface area (Å²) in [4.78, 5) is 0. The molecule has 3 aromatic carbocycles. The van der Waals surface area contributed by atoms with E-state index in [1.807, 2.05) is 42.5 Å². The maximum absolute atomic E-state index is 6.18. The maximum Gasteiger partial charge on any atom is 0.0412 e. The van der Waals surface area contributed by atoms with E-state index < -0.39 is 0 Å². The molecule has 0 saturated heterocycles. The standard InChI is InChI=1S/C18H12BrCl/c19-15-8-4-7-14(11-15)17-10-9-16(20)12-18(17)13-5-2-1-3-6-13/h1-12H. The Hall–Kier alpha value is -1.57. The zero-order chi connectivity index (χ0) is 13.9. The SMILES string of the molecule is Clc1ccc(-c2cccc(Br)c2)c(-c2ccccc2)c1. The van der Waals surface area contributed by atoms with Crippen LogP contribution >= 0.6 is 27.5 Å². The molecule has 0 aliphatic rings. The summed E-state index contributed by atoms with van der Waals surface area (Å²) in [6.07, 6.45) is 0. The Bertz CT molecular complexity index is 735. The van der Waals surface area contributed by atoms with Gasteiger partial charge in [-0.15, -0.1) is 0 Å². The Morgan fingerprint density at radius 3 is 2.15 bits per heavy atom. The first-order valence-corrected chi connectivity index (χ1v) is 7.52. The highest BCUT2D eigenvalue weighted by Gasteiger charge is 2.08. The molecule has 3 rings (SSSR count). The van der Waals surface area contributed by atoms with Gasteiger partial charge in [0.05, 0.1) is 0 Å². The molecule has 0 aliphatic carbocycles. The molecule has 0 fully saturated rings. The first-order chi connectivity index (χ1) is 9.74. The lowest BCUT2D eigenvalue weighted by Gasteiger charge is -2.11. The topological polar surface area (TPSA) is 0 Å². The smallest absolute Gasteiger partial charge is 0.0412 e. The third-order valence-electron chi connectivity index (χ3n) is 3.20. The number of rotatable bonds is 2. The van der Waals surface area contributed by atoms with E-state index in [0.717, 1.165) is 15.1 Å². The summed E-state index contributed by atoms with van der Waals surface area (Å²) in [6.45, 7) is 0. The second kappa shape index (κ2) is 5.82. The maximum atomic E-state index is 6.18. The van der Waals surface area contributed by atoms with Gasteiger partial charge < -0.3 is 0 Å². The lowest BCUT2D eigenvalue weighted by atomic mass is 9.95. The summed E-state index contributed by atoms with van der Waals surface area (Å²) >= 11 is 9.70. The van der Waals surface area contributed by atoms with Gasteiger partial charge in [0, 0.05) is 9.50 Å². The Kier molecular flexibility index (Phi) is 3.90. The molecule has 0 N–H and O–H groups in total. The summed E-state index contributed by atoms with van der Waals surface area (Å²) in [7, 11) is 0. The van der Waals surface area contributed by atoms with Gasteiger partial charge in [-0.25, -0.2) is 0 Å². The molecule has 0 atom stereocenters. The van der Waals surface area contributed by atoms with Crippen molar-refractivity contribution in [1.82, 2.24) is 0 Å². The average molecular weight is 344 g/mol. The van der Waals surface area contributed by atoms with E-state index in [2.05, 4.69) is 46.3 Å². The molecular weight excluding hydrogens is 332 g/mol. The van der Waals surface area contributed by atoms with Crippen LogP contribution < -0.4 is 0 Å². The lowest BCUT2D eigenvalue weighted by Crippen LogP contribution is -1.85. The van der Waals surface area contributed by atoms with Crippen molar-refractivity contribution in [3.05, 3.63) is 82.3 Å². The van der Waals surface area contributed by atoms with Gasteiger partial charge in [-0.3, -0.25) is 0 Å². The summed E-state index contributed by atoms with van der Waals surface area (Å²) in [5.74, 6) is 0. The molecule has 98 valence electrons. The predicted molar refractivity (Wildman–Crippen MR) is 90.0 cm³/mol. The van der Waals surface area contributed by atoms with E-state index in [1.165, 1.54) is 16.7 Å². The fourth-order valence-corrected chi connectivity index (χ4v) is 2.85. The van der Waals surface area contributed by atoms with Gasteiger partial charge in [0.1, 0.15) is 0 Å². The average Bonchev–Trinajstić information content (AvgIpc) is 2.48. The highest BCUT2D eigenvalue weighted by atomic mass is 79.9. The number of hydrogen-bond donors (Lipinski definition) is 0. The zero-order valence-corrected chi connectivity index (χ0v) is 13.0. The Morgan fingerprint density at radius 1 is 0.650 bits per heavy atom. The van der Waals surface area contributed by atoms with Crippen LogP contribution in [0.3, 0.4) is 0 Å². The summed E-state index contributed by atoms with van der Waals surface area (Å²) in [6, 6.07) is 24.7. The van der Waals surface area contributed by atoms with Crippen molar-refractivity contribution in [1.29, 1.82) is 0 Å². The van der Waals surface area contributed by atoms with Crippen LogP contribution in [0.25, 0.3) is 22.3 Å². The van der Waals surface area contributed by atoms with Crippen LogP contribution in [0.15, 0.2) is 77.3 Å². The van der Waals surface area contributed by atoms with Crippen molar-refractivity contribution in [2.24, 2.45) is 0 Å². The number of halogens is 2. The van der Waals surface area contributed by atoms with Crippen molar-refractivity contribution in [2.45, 2.75) is 0 Å². The van der Waals surface area contributed by atoms with E-state index in [1.54, 1.807) is 0 Å². The molecule has 0 nitrogen and oxygen atoms in total. The van der Waals surface area contributed by atoms with Gasteiger partial charge in [0.15, 0.2) is 0 Å². The number of hydrogen-bond acceptors (Lipinski definition) is 0. The summed E-state index contributed by atoms with van der Waals surface area (Å²) in [5, 5.41) is 0.752. The molecule has 0 unspecified atom stereocenters. The Balaban J connectivity index is 2.22. The second-order valence-corrected chi connectivity index (χ2v) is 5.92. The second-order valence-electron chi connectivity index (χ2n) is 4.57. The molecule has 0 spiro atoms. The monoisotopic (exact) mass is 342 g/mol. The summed E-state index contributed by atoms with van der Waals surface area (Å²) < 4.78 is 1.07. The van der Waals surface area contributed by atoms with E-state index >= 15 is 0 Å². The minimum atomic E-state index is 0.752. The van der Waals surface area contributed by atoms with Crippen molar-refractivity contribution >= 4 is 27.5 Å². The molecule has 0 radical (unpaired) electrons. The van der Waals surface area contributed by atoms with E-state index in [4.69, 9.17) is 11.6 Å². The van der Waals surface area contributed by atoms with Gasteiger partial charge in [0.2, 0.25) is 0 Å². The van der Waals surface area contributed by atoms with Crippen molar-refractivity contribution in [2.75, 3.05) is 0 Å². The third kappa shape index (κ3) is 2.79. The van der Waals surface area contributed by atoms with Crippen molar-refractivity contribution < 1.29 is 0 Å². The van der Waals surface area contributed by atoms with Crippen LogP contribution in [0, 0.1) is 0 Å². The highest BCUT2D eigenvalue weighted by Crippen LogP contribution is 2.35. The normalized spacial score (nSPS) is 10.5. The Labute approximate surface area is 132 Å². The van der Waals surface area contributed by atoms with Gasteiger partial charge in [-0.05, 0) is 46.5 Å². The quantitative estimate of drug-likeness (QED) is 0.502. The van der Waals surface area contributed by atoms with Crippen LogP contribution in [0.1, 0.15) is 0 Å². The van der Waals surface area contributed by atoms with Crippen LogP contribution in [0.5, 0.6) is 0 Å². The third-order valence-corrected chi connectivity index (χ3v) is 3.93. The first-order valence-electron chi connectivity index (χ1n) is 6.35. The van der Waals surface area contributed by atoms with Crippen LogP contribution in [0.2, 0.25) is 5.02 Å². The molecule has 2 heteroatoms. The zero-order valence-electron chi connectivity index (χ0n) is 10.7. The molecular formula is C18H12BrCl. The van der Waals surface area contributed by atoms with E-state index in [0.29, 0.717) is 0 Å². The van der Waals surface area contributed by atoms with Gasteiger partial charge in [-0.1, -0.05) is 76.1 Å². The first kappa shape index (κ1) is 13.4. The van der Waals surface area contributed by atoms with Crippen molar-refractivity contribution in [3.63, 3.8) is 0 Å². The van der Waals surface area contributed by atoms with Crippen LogP contribution in [-0.2, 0) is 0 Å². The van der Waals surface area contributed by atoms with Gasteiger partial charge >= 0.3 is 0 Å². The van der Waals surface area contributed by atoms with Crippen LogP contribution in [-0.4, -0.2) is 0 Å². The molecule has 0 saturated carbocycles.